The van der Waals surface area contributed by atoms with Crippen molar-refractivity contribution >= 4 is 10.9 Å². The van der Waals surface area contributed by atoms with Crippen LogP contribution in [0.3, 0.4) is 0 Å². The van der Waals surface area contributed by atoms with Crippen molar-refractivity contribution in [2.45, 2.75) is 37.9 Å². The van der Waals surface area contributed by atoms with Gasteiger partial charge in [0.05, 0.1) is 5.52 Å². The molecule has 0 amide bonds. The van der Waals surface area contributed by atoms with E-state index in [9.17, 15) is 0 Å². The van der Waals surface area contributed by atoms with Gasteiger partial charge in [-0.25, -0.2) is 0 Å². The van der Waals surface area contributed by atoms with E-state index in [4.69, 9.17) is 0 Å². The predicted molar refractivity (Wildman–Crippen MR) is 81.6 cm³/mol. The first-order valence-corrected chi connectivity index (χ1v) is 7.69. The van der Waals surface area contributed by atoms with Crippen LogP contribution in [0.25, 0.3) is 10.9 Å². The van der Waals surface area contributed by atoms with Crippen LogP contribution in [0, 0.1) is 0 Å². The summed E-state index contributed by atoms with van der Waals surface area (Å²) in [6, 6.07) is 12.1. The number of hydrogen-bond acceptors (Lipinski definition) is 3. The monoisotopic (exact) mass is 267 g/mol. The lowest BCUT2D eigenvalue weighted by Gasteiger charge is -2.23. The Morgan fingerprint density at radius 3 is 3.05 bits per heavy atom. The number of aromatic nitrogens is 1. The Balaban J connectivity index is 1.52. The van der Waals surface area contributed by atoms with Gasteiger partial charge in [-0.05, 0) is 37.0 Å². The smallest absolute Gasteiger partial charge is 0.0702 e. The zero-order valence-corrected chi connectivity index (χ0v) is 11.8. The first-order valence-electron chi connectivity index (χ1n) is 7.69. The maximum absolute atomic E-state index is 4.58. The van der Waals surface area contributed by atoms with E-state index in [1.165, 1.54) is 43.3 Å². The molecule has 0 radical (unpaired) electrons. The van der Waals surface area contributed by atoms with Gasteiger partial charge >= 0.3 is 0 Å². The molecule has 2 aliphatic heterocycles. The van der Waals surface area contributed by atoms with Gasteiger partial charge in [-0.3, -0.25) is 9.88 Å². The summed E-state index contributed by atoms with van der Waals surface area (Å²) in [7, 11) is 0. The Morgan fingerprint density at radius 1 is 1.15 bits per heavy atom. The molecule has 3 heteroatoms. The molecule has 2 aromatic rings. The number of rotatable bonds is 2. The molecule has 20 heavy (non-hydrogen) atoms. The molecule has 0 aliphatic carbocycles. The lowest BCUT2D eigenvalue weighted by atomic mass is 10.1. The van der Waals surface area contributed by atoms with E-state index in [0.29, 0.717) is 6.04 Å². The molecule has 2 saturated heterocycles. The number of nitrogens with zero attached hydrogens (tertiary/aromatic N) is 2. The minimum Gasteiger partial charge on any atom is -0.310 e. The van der Waals surface area contributed by atoms with Gasteiger partial charge in [0.1, 0.15) is 0 Å². The molecule has 1 aromatic heterocycles. The van der Waals surface area contributed by atoms with Gasteiger partial charge in [0, 0.05) is 43.3 Å². The molecule has 0 spiro atoms. The van der Waals surface area contributed by atoms with Gasteiger partial charge in [0.15, 0.2) is 0 Å². The summed E-state index contributed by atoms with van der Waals surface area (Å²) in [4.78, 5) is 7.16. The first-order chi connectivity index (χ1) is 9.87. The normalized spacial score (nSPS) is 26.8. The third-order valence-corrected chi connectivity index (χ3v) is 4.66. The maximum Gasteiger partial charge on any atom is 0.0702 e. The van der Waals surface area contributed by atoms with E-state index in [-0.39, 0.29) is 0 Å². The molecule has 104 valence electrons. The lowest BCUT2D eigenvalue weighted by molar-refractivity contribution is 0.251. The van der Waals surface area contributed by atoms with Crippen molar-refractivity contribution in [2.24, 2.45) is 0 Å². The first kappa shape index (κ1) is 12.3. The number of pyridine rings is 1. The molecule has 2 unspecified atom stereocenters. The minimum absolute atomic E-state index is 0.705. The van der Waals surface area contributed by atoms with Crippen molar-refractivity contribution in [1.82, 2.24) is 15.2 Å². The van der Waals surface area contributed by atoms with Crippen LogP contribution < -0.4 is 5.32 Å². The third kappa shape index (κ3) is 2.43. The quantitative estimate of drug-likeness (QED) is 0.906. The second-order valence-corrected chi connectivity index (χ2v) is 6.20. The van der Waals surface area contributed by atoms with Crippen LogP contribution in [0.4, 0.5) is 0 Å². The summed E-state index contributed by atoms with van der Waals surface area (Å²) >= 11 is 0. The SMILES string of the molecule is c1ccc2ncc(CN3CCC4CCC(C3)N4)cc2c1. The number of hydrogen-bond donors (Lipinski definition) is 1. The molecule has 2 bridgehead atoms. The highest BCUT2D eigenvalue weighted by atomic mass is 15.2. The van der Waals surface area contributed by atoms with E-state index in [0.717, 1.165) is 18.1 Å². The minimum atomic E-state index is 0.705. The molecule has 3 heterocycles. The second-order valence-electron chi connectivity index (χ2n) is 6.20. The van der Waals surface area contributed by atoms with Crippen molar-refractivity contribution in [2.75, 3.05) is 13.1 Å². The van der Waals surface area contributed by atoms with E-state index in [1.54, 1.807) is 0 Å². The van der Waals surface area contributed by atoms with Crippen LogP contribution >= 0.6 is 0 Å². The Morgan fingerprint density at radius 2 is 2.05 bits per heavy atom. The molecule has 0 saturated carbocycles. The van der Waals surface area contributed by atoms with Crippen LogP contribution in [0.1, 0.15) is 24.8 Å². The van der Waals surface area contributed by atoms with Gasteiger partial charge < -0.3 is 5.32 Å². The van der Waals surface area contributed by atoms with E-state index in [1.807, 2.05) is 12.3 Å². The van der Waals surface area contributed by atoms with Crippen molar-refractivity contribution in [3.05, 3.63) is 42.1 Å². The molecule has 1 aromatic carbocycles. The number of likely N-dealkylation sites (tertiary alicyclic amines) is 1. The standard InChI is InChI=1S/C17H21N3/c1-2-4-17-14(3-1)9-13(10-18-17)11-20-8-7-15-5-6-16(12-20)19-15/h1-4,9-10,15-16,19H,5-8,11-12H2. The fourth-order valence-corrected chi connectivity index (χ4v) is 3.62. The highest BCUT2D eigenvalue weighted by molar-refractivity contribution is 5.78. The number of fused-ring (bicyclic) bond motifs is 3. The summed E-state index contributed by atoms with van der Waals surface area (Å²) in [5.74, 6) is 0. The Kier molecular flexibility index (Phi) is 3.17. The van der Waals surface area contributed by atoms with Gasteiger partial charge in [0.2, 0.25) is 0 Å². The highest BCUT2D eigenvalue weighted by Crippen LogP contribution is 2.22. The van der Waals surface area contributed by atoms with Crippen molar-refractivity contribution in [1.29, 1.82) is 0 Å². The molecule has 2 atom stereocenters. The van der Waals surface area contributed by atoms with Crippen LogP contribution in [0.15, 0.2) is 36.5 Å². The average Bonchev–Trinajstić information content (AvgIpc) is 2.81. The van der Waals surface area contributed by atoms with Crippen LogP contribution in [0.5, 0.6) is 0 Å². The average molecular weight is 267 g/mol. The van der Waals surface area contributed by atoms with Crippen molar-refractivity contribution in [3.63, 3.8) is 0 Å². The summed E-state index contributed by atoms with van der Waals surface area (Å²) in [5, 5.41) is 4.99. The summed E-state index contributed by atoms with van der Waals surface area (Å²) < 4.78 is 0. The zero-order valence-electron chi connectivity index (χ0n) is 11.8. The maximum atomic E-state index is 4.58. The Labute approximate surface area is 120 Å². The Hall–Kier alpha value is -1.45. The molecular weight excluding hydrogens is 246 g/mol. The fourth-order valence-electron chi connectivity index (χ4n) is 3.62. The Bertz CT molecular complexity index is 610. The number of benzene rings is 1. The zero-order chi connectivity index (χ0) is 13.4. The van der Waals surface area contributed by atoms with Gasteiger partial charge in [-0.2, -0.15) is 0 Å². The number of para-hydroxylation sites is 1. The fraction of sp³-hybridized carbons (Fsp3) is 0.471. The van der Waals surface area contributed by atoms with Gasteiger partial charge in [0.25, 0.3) is 0 Å². The van der Waals surface area contributed by atoms with Gasteiger partial charge in [-0.15, -0.1) is 0 Å². The highest BCUT2D eigenvalue weighted by Gasteiger charge is 2.29. The van der Waals surface area contributed by atoms with E-state index in [2.05, 4.69) is 39.5 Å². The predicted octanol–water partition coefficient (Wildman–Crippen LogP) is 2.56. The molecule has 4 rings (SSSR count). The van der Waals surface area contributed by atoms with Crippen LogP contribution in [0.2, 0.25) is 0 Å². The number of nitrogens with one attached hydrogen (secondary N) is 1. The second kappa shape index (κ2) is 5.15. The van der Waals surface area contributed by atoms with E-state index < -0.39 is 0 Å². The molecular formula is C17H21N3. The van der Waals surface area contributed by atoms with Gasteiger partial charge in [-0.1, -0.05) is 18.2 Å². The third-order valence-electron chi connectivity index (χ3n) is 4.66. The van der Waals surface area contributed by atoms with E-state index >= 15 is 0 Å². The molecule has 3 nitrogen and oxygen atoms in total. The summed E-state index contributed by atoms with van der Waals surface area (Å²) in [6.45, 7) is 3.42. The molecule has 2 aliphatic rings. The topological polar surface area (TPSA) is 28.2 Å². The molecule has 1 N–H and O–H groups in total. The van der Waals surface area contributed by atoms with Crippen LogP contribution in [-0.2, 0) is 6.54 Å². The van der Waals surface area contributed by atoms with Crippen LogP contribution in [-0.4, -0.2) is 35.1 Å². The molecule has 2 fully saturated rings. The largest absolute Gasteiger partial charge is 0.310 e. The summed E-state index contributed by atoms with van der Waals surface area (Å²) in [5.41, 5.74) is 2.43. The van der Waals surface area contributed by atoms with Crippen molar-refractivity contribution < 1.29 is 0 Å². The summed E-state index contributed by atoms with van der Waals surface area (Å²) in [6.07, 6.45) is 6.05. The lowest BCUT2D eigenvalue weighted by Crippen LogP contribution is -2.34. The van der Waals surface area contributed by atoms with Crippen molar-refractivity contribution in [3.8, 4) is 0 Å².